The molecule has 1 aliphatic rings. The summed E-state index contributed by atoms with van der Waals surface area (Å²) in [6.45, 7) is 4.58. The van der Waals surface area contributed by atoms with Gasteiger partial charge in [-0.1, -0.05) is 42.5 Å². The van der Waals surface area contributed by atoms with E-state index in [2.05, 4.69) is 17.4 Å². The average molecular weight is 324 g/mol. The van der Waals surface area contributed by atoms with Crippen molar-refractivity contribution in [2.75, 3.05) is 5.32 Å². The fourth-order valence-corrected chi connectivity index (χ4v) is 2.65. The van der Waals surface area contributed by atoms with E-state index in [0.717, 1.165) is 24.1 Å². The minimum atomic E-state index is -0.0684. The molecule has 4 nitrogen and oxygen atoms in total. The maximum Gasteiger partial charge on any atom is 0.322 e. The Morgan fingerprint density at radius 1 is 1.12 bits per heavy atom. The van der Waals surface area contributed by atoms with Gasteiger partial charge in [0.1, 0.15) is 5.75 Å². The third-order valence-electron chi connectivity index (χ3n) is 3.94. The molecule has 2 aromatic carbocycles. The first-order chi connectivity index (χ1) is 11.6. The Kier molecular flexibility index (Phi) is 5.04. The largest absolute Gasteiger partial charge is 0.489 e. The van der Waals surface area contributed by atoms with Crippen LogP contribution in [0.15, 0.2) is 54.6 Å². The summed E-state index contributed by atoms with van der Waals surface area (Å²) in [5.41, 5.74) is 1.86. The molecule has 0 atom stereocenters. The van der Waals surface area contributed by atoms with Crippen LogP contribution in [0.1, 0.15) is 32.3 Å². The van der Waals surface area contributed by atoms with E-state index in [1.165, 1.54) is 0 Å². The molecule has 4 heteroatoms. The standard InChI is InChI=1S/C20H24N2O2/c1-15(2)24-19-11-7-6-10-18(19)21-20(23)22(17-12-13-17)14-16-8-4-3-5-9-16/h3-11,15,17H,12-14H2,1-2H3,(H,21,23). The van der Waals surface area contributed by atoms with Crippen molar-refractivity contribution in [1.82, 2.24) is 4.90 Å². The lowest BCUT2D eigenvalue weighted by Crippen LogP contribution is -2.36. The second kappa shape index (κ2) is 7.39. The van der Waals surface area contributed by atoms with Crippen molar-refractivity contribution in [3.05, 3.63) is 60.2 Å². The van der Waals surface area contributed by atoms with Gasteiger partial charge in [-0.25, -0.2) is 4.79 Å². The second-order valence-electron chi connectivity index (χ2n) is 6.44. The van der Waals surface area contributed by atoms with Gasteiger partial charge < -0.3 is 15.0 Å². The summed E-state index contributed by atoms with van der Waals surface area (Å²) in [6, 6.07) is 18.0. The van der Waals surface area contributed by atoms with E-state index in [9.17, 15) is 4.79 Å². The normalized spacial score (nSPS) is 13.6. The van der Waals surface area contributed by atoms with Crippen molar-refractivity contribution in [1.29, 1.82) is 0 Å². The van der Waals surface area contributed by atoms with Gasteiger partial charge in [0.15, 0.2) is 0 Å². The molecule has 0 spiro atoms. The van der Waals surface area contributed by atoms with Crippen LogP contribution in [-0.4, -0.2) is 23.1 Å². The van der Waals surface area contributed by atoms with Crippen molar-refractivity contribution < 1.29 is 9.53 Å². The summed E-state index contributed by atoms with van der Waals surface area (Å²) in [5.74, 6) is 0.705. The summed E-state index contributed by atoms with van der Waals surface area (Å²) in [7, 11) is 0. The third-order valence-corrected chi connectivity index (χ3v) is 3.94. The average Bonchev–Trinajstić information content (AvgIpc) is 3.39. The van der Waals surface area contributed by atoms with Gasteiger partial charge in [-0.2, -0.15) is 0 Å². The molecule has 126 valence electrons. The van der Waals surface area contributed by atoms with E-state index in [0.29, 0.717) is 18.3 Å². The molecule has 0 unspecified atom stereocenters. The van der Waals surface area contributed by atoms with Crippen LogP contribution in [0.3, 0.4) is 0 Å². The zero-order valence-electron chi connectivity index (χ0n) is 14.2. The van der Waals surface area contributed by atoms with Crippen molar-refractivity contribution in [3.8, 4) is 5.75 Å². The Morgan fingerprint density at radius 2 is 1.79 bits per heavy atom. The van der Waals surface area contributed by atoms with Crippen LogP contribution in [0.2, 0.25) is 0 Å². The first kappa shape index (κ1) is 16.4. The summed E-state index contributed by atoms with van der Waals surface area (Å²) in [4.78, 5) is 14.7. The molecule has 0 saturated heterocycles. The van der Waals surface area contributed by atoms with Crippen LogP contribution in [0.5, 0.6) is 5.75 Å². The highest BCUT2D eigenvalue weighted by atomic mass is 16.5. The maximum absolute atomic E-state index is 12.8. The fraction of sp³-hybridized carbons (Fsp3) is 0.350. The molecule has 1 fully saturated rings. The predicted octanol–water partition coefficient (Wildman–Crippen LogP) is 4.67. The SMILES string of the molecule is CC(C)Oc1ccccc1NC(=O)N(Cc1ccccc1)C1CC1. The molecule has 0 heterocycles. The van der Waals surface area contributed by atoms with E-state index in [-0.39, 0.29) is 12.1 Å². The molecule has 24 heavy (non-hydrogen) atoms. The molecule has 1 aliphatic carbocycles. The number of carbonyl (C=O) groups excluding carboxylic acids is 1. The van der Waals surface area contributed by atoms with E-state index < -0.39 is 0 Å². The topological polar surface area (TPSA) is 41.6 Å². The molecular formula is C20H24N2O2. The number of ether oxygens (including phenoxy) is 1. The summed E-state index contributed by atoms with van der Waals surface area (Å²) >= 11 is 0. The van der Waals surface area contributed by atoms with Crippen LogP contribution in [-0.2, 0) is 6.54 Å². The Labute approximate surface area is 143 Å². The lowest BCUT2D eigenvalue weighted by atomic mass is 10.2. The van der Waals surface area contributed by atoms with Crippen LogP contribution in [0, 0.1) is 0 Å². The molecular weight excluding hydrogens is 300 g/mol. The highest BCUT2D eigenvalue weighted by Crippen LogP contribution is 2.30. The van der Waals surface area contributed by atoms with Crippen LogP contribution in [0.25, 0.3) is 0 Å². The first-order valence-electron chi connectivity index (χ1n) is 8.50. The first-order valence-corrected chi connectivity index (χ1v) is 8.50. The van der Waals surface area contributed by atoms with Crippen molar-refractivity contribution in [2.45, 2.75) is 45.4 Å². The number of benzene rings is 2. The maximum atomic E-state index is 12.8. The van der Waals surface area contributed by atoms with E-state index in [4.69, 9.17) is 4.74 Å². The van der Waals surface area contributed by atoms with Crippen molar-refractivity contribution in [3.63, 3.8) is 0 Å². The Hall–Kier alpha value is -2.49. The summed E-state index contributed by atoms with van der Waals surface area (Å²) in [5, 5.41) is 3.02. The molecule has 0 aromatic heterocycles. The number of rotatable bonds is 6. The van der Waals surface area contributed by atoms with Gasteiger partial charge in [-0.15, -0.1) is 0 Å². The quantitative estimate of drug-likeness (QED) is 0.839. The van der Waals surface area contributed by atoms with Gasteiger partial charge in [-0.3, -0.25) is 0 Å². The Balaban J connectivity index is 1.72. The minimum absolute atomic E-state index is 0.0619. The van der Waals surface area contributed by atoms with Crippen molar-refractivity contribution >= 4 is 11.7 Å². The number of hydrogen-bond donors (Lipinski definition) is 1. The third kappa shape index (κ3) is 4.28. The van der Waals surface area contributed by atoms with Gasteiger partial charge >= 0.3 is 6.03 Å². The van der Waals surface area contributed by atoms with Crippen LogP contribution in [0.4, 0.5) is 10.5 Å². The lowest BCUT2D eigenvalue weighted by Gasteiger charge is -2.24. The van der Waals surface area contributed by atoms with Crippen molar-refractivity contribution in [2.24, 2.45) is 0 Å². The number of para-hydroxylation sites is 2. The zero-order valence-corrected chi connectivity index (χ0v) is 14.2. The van der Waals surface area contributed by atoms with Gasteiger partial charge in [0.2, 0.25) is 0 Å². The molecule has 0 aliphatic heterocycles. The Morgan fingerprint density at radius 3 is 2.46 bits per heavy atom. The van der Waals surface area contributed by atoms with E-state index >= 15 is 0 Å². The van der Waals surface area contributed by atoms with Crippen LogP contribution >= 0.6 is 0 Å². The number of hydrogen-bond acceptors (Lipinski definition) is 2. The second-order valence-corrected chi connectivity index (χ2v) is 6.44. The number of nitrogens with one attached hydrogen (secondary N) is 1. The number of carbonyl (C=O) groups is 1. The molecule has 2 amide bonds. The highest BCUT2D eigenvalue weighted by molar-refractivity contribution is 5.91. The molecule has 2 aromatic rings. The zero-order chi connectivity index (χ0) is 16.9. The number of urea groups is 1. The van der Waals surface area contributed by atoms with Crippen LogP contribution < -0.4 is 10.1 Å². The van der Waals surface area contributed by atoms with E-state index in [1.54, 1.807) is 0 Å². The number of anilines is 1. The molecule has 1 N–H and O–H groups in total. The molecule has 0 radical (unpaired) electrons. The lowest BCUT2D eigenvalue weighted by molar-refractivity contribution is 0.205. The summed E-state index contributed by atoms with van der Waals surface area (Å²) < 4.78 is 5.79. The van der Waals surface area contributed by atoms with Gasteiger partial charge in [0.25, 0.3) is 0 Å². The molecule has 3 rings (SSSR count). The number of nitrogens with zero attached hydrogens (tertiary/aromatic N) is 1. The number of amides is 2. The Bertz CT molecular complexity index is 681. The highest BCUT2D eigenvalue weighted by Gasteiger charge is 2.32. The van der Waals surface area contributed by atoms with Gasteiger partial charge in [0.05, 0.1) is 11.8 Å². The molecule has 1 saturated carbocycles. The fourth-order valence-electron chi connectivity index (χ4n) is 2.65. The smallest absolute Gasteiger partial charge is 0.322 e. The van der Waals surface area contributed by atoms with E-state index in [1.807, 2.05) is 61.2 Å². The minimum Gasteiger partial charge on any atom is -0.489 e. The van der Waals surface area contributed by atoms with Gasteiger partial charge in [0, 0.05) is 12.6 Å². The molecule has 0 bridgehead atoms. The predicted molar refractivity (Wildman–Crippen MR) is 96.2 cm³/mol. The van der Waals surface area contributed by atoms with Gasteiger partial charge in [-0.05, 0) is 44.4 Å². The monoisotopic (exact) mass is 324 g/mol. The summed E-state index contributed by atoms with van der Waals surface area (Å²) in [6.07, 6.45) is 2.21.